The zero-order chi connectivity index (χ0) is 14.5. The molecule has 0 aromatic carbocycles. The molecule has 0 atom stereocenters. The number of carbonyl (C=O) groups excluding carboxylic acids is 1. The average Bonchev–Trinajstić information content (AvgIpc) is 2.57. The molecule has 2 aromatic heterocycles. The van der Waals surface area contributed by atoms with Crippen molar-refractivity contribution in [3.63, 3.8) is 0 Å². The summed E-state index contributed by atoms with van der Waals surface area (Å²) >= 11 is 0. The molecular formula is C15H17N5O. The Morgan fingerprint density at radius 1 is 1.05 bits per heavy atom. The number of pyridine rings is 1. The lowest BCUT2D eigenvalue weighted by atomic mass is 10.1. The van der Waals surface area contributed by atoms with Crippen LogP contribution in [-0.4, -0.2) is 34.2 Å². The van der Waals surface area contributed by atoms with Crippen LogP contribution in [0.3, 0.4) is 0 Å². The molecule has 1 N–H and O–H groups in total. The Bertz CT molecular complexity index is 593. The zero-order valence-corrected chi connectivity index (χ0v) is 11.7. The highest BCUT2D eigenvalue weighted by molar-refractivity contribution is 6.02. The largest absolute Gasteiger partial charge is 0.355 e. The molecule has 1 amide bonds. The summed E-state index contributed by atoms with van der Waals surface area (Å²) in [5, 5.41) is 10.9. The standard InChI is InChI=1S/C15H17N5O/c21-15(17-13-6-2-3-9-16-13)12-7-8-14(19-18-12)20-10-4-1-5-11-20/h2-3,6-9H,1,4-5,10-11H2,(H,16,17,21). The van der Waals surface area contributed by atoms with Crippen LogP contribution in [0.1, 0.15) is 29.8 Å². The number of hydrogen-bond donors (Lipinski definition) is 1. The molecule has 1 saturated heterocycles. The Morgan fingerprint density at radius 2 is 1.90 bits per heavy atom. The SMILES string of the molecule is O=C(Nc1ccccn1)c1ccc(N2CCCCC2)nn1. The van der Waals surface area contributed by atoms with Crippen molar-refractivity contribution in [3.05, 3.63) is 42.2 Å². The maximum Gasteiger partial charge on any atom is 0.277 e. The van der Waals surface area contributed by atoms with Gasteiger partial charge < -0.3 is 10.2 Å². The first-order valence-electron chi connectivity index (χ1n) is 7.14. The lowest BCUT2D eigenvalue weighted by Crippen LogP contribution is -2.30. The van der Waals surface area contributed by atoms with Gasteiger partial charge in [0.05, 0.1) is 0 Å². The molecule has 0 aliphatic carbocycles. The van der Waals surface area contributed by atoms with Crippen LogP contribution >= 0.6 is 0 Å². The van der Waals surface area contributed by atoms with Crippen LogP contribution in [0.25, 0.3) is 0 Å². The first-order chi connectivity index (χ1) is 10.3. The number of anilines is 2. The molecule has 108 valence electrons. The van der Waals surface area contributed by atoms with Crippen molar-refractivity contribution in [1.29, 1.82) is 0 Å². The van der Waals surface area contributed by atoms with E-state index in [0.717, 1.165) is 18.9 Å². The van der Waals surface area contributed by atoms with E-state index < -0.39 is 0 Å². The highest BCUT2D eigenvalue weighted by Gasteiger charge is 2.14. The number of nitrogens with one attached hydrogen (secondary N) is 1. The molecule has 1 aliphatic heterocycles. The third-order valence-electron chi connectivity index (χ3n) is 3.47. The molecule has 0 spiro atoms. The number of nitrogens with zero attached hydrogens (tertiary/aromatic N) is 4. The summed E-state index contributed by atoms with van der Waals surface area (Å²) in [5.41, 5.74) is 0.293. The van der Waals surface area contributed by atoms with Crippen LogP contribution in [-0.2, 0) is 0 Å². The van der Waals surface area contributed by atoms with E-state index in [1.54, 1.807) is 24.4 Å². The Morgan fingerprint density at radius 3 is 2.57 bits per heavy atom. The summed E-state index contributed by atoms with van der Waals surface area (Å²) in [6, 6.07) is 8.89. The molecule has 0 bridgehead atoms. The van der Waals surface area contributed by atoms with Crippen molar-refractivity contribution in [1.82, 2.24) is 15.2 Å². The number of rotatable bonds is 3. The molecule has 0 unspecified atom stereocenters. The molecule has 2 aromatic rings. The molecule has 6 nitrogen and oxygen atoms in total. The van der Waals surface area contributed by atoms with Crippen LogP contribution in [0, 0.1) is 0 Å². The highest BCUT2D eigenvalue weighted by Crippen LogP contribution is 2.16. The van der Waals surface area contributed by atoms with Crippen LogP contribution in [0.4, 0.5) is 11.6 Å². The summed E-state index contributed by atoms with van der Waals surface area (Å²) in [6.07, 6.45) is 5.27. The van der Waals surface area contributed by atoms with Gasteiger partial charge in [-0.2, -0.15) is 0 Å². The van der Waals surface area contributed by atoms with Gasteiger partial charge in [-0.3, -0.25) is 4.79 Å². The van der Waals surface area contributed by atoms with Crippen LogP contribution in [0.15, 0.2) is 36.5 Å². The van der Waals surface area contributed by atoms with Gasteiger partial charge in [-0.15, -0.1) is 10.2 Å². The van der Waals surface area contributed by atoms with E-state index in [-0.39, 0.29) is 5.91 Å². The van der Waals surface area contributed by atoms with Gasteiger partial charge in [-0.25, -0.2) is 4.98 Å². The number of aromatic nitrogens is 3. The maximum absolute atomic E-state index is 12.0. The summed E-state index contributed by atoms with van der Waals surface area (Å²) in [6.45, 7) is 2.02. The van der Waals surface area contributed by atoms with Crippen molar-refractivity contribution in [2.75, 3.05) is 23.3 Å². The molecule has 3 heterocycles. The minimum Gasteiger partial charge on any atom is -0.355 e. The number of piperidine rings is 1. The van der Waals surface area contributed by atoms with Gasteiger partial charge in [0.25, 0.3) is 5.91 Å². The fourth-order valence-electron chi connectivity index (χ4n) is 2.36. The van der Waals surface area contributed by atoms with E-state index in [1.165, 1.54) is 19.3 Å². The first-order valence-corrected chi connectivity index (χ1v) is 7.14. The second-order valence-corrected chi connectivity index (χ2v) is 4.99. The molecule has 3 rings (SSSR count). The van der Waals surface area contributed by atoms with Gasteiger partial charge in [0.2, 0.25) is 0 Å². The lowest BCUT2D eigenvalue weighted by molar-refractivity contribution is 0.102. The first kappa shape index (κ1) is 13.5. The quantitative estimate of drug-likeness (QED) is 0.934. The fraction of sp³-hybridized carbons (Fsp3) is 0.333. The fourth-order valence-corrected chi connectivity index (χ4v) is 2.36. The van der Waals surface area contributed by atoms with Crippen molar-refractivity contribution in [3.8, 4) is 0 Å². The Balaban J connectivity index is 1.67. The van der Waals surface area contributed by atoms with Gasteiger partial charge >= 0.3 is 0 Å². The van der Waals surface area contributed by atoms with Gasteiger partial charge in [-0.05, 0) is 43.5 Å². The molecule has 1 aliphatic rings. The van der Waals surface area contributed by atoms with Gasteiger partial charge in [0, 0.05) is 19.3 Å². The van der Waals surface area contributed by atoms with Crippen LogP contribution in [0.5, 0.6) is 0 Å². The normalized spacial score (nSPS) is 14.8. The number of amides is 1. The number of carbonyl (C=O) groups is 1. The van der Waals surface area contributed by atoms with E-state index in [2.05, 4.69) is 25.4 Å². The van der Waals surface area contributed by atoms with Crippen LogP contribution < -0.4 is 10.2 Å². The van der Waals surface area contributed by atoms with Crippen molar-refractivity contribution < 1.29 is 4.79 Å². The van der Waals surface area contributed by atoms with Gasteiger partial charge in [0.1, 0.15) is 5.82 Å². The molecular weight excluding hydrogens is 266 g/mol. The van der Waals surface area contributed by atoms with Gasteiger partial charge in [0.15, 0.2) is 11.5 Å². The Hall–Kier alpha value is -2.50. The highest BCUT2D eigenvalue weighted by atomic mass is 16.2. The molecule has 0 saturated carbocycles. The lowest BCUT2D eigenvalue weighted by Gasteiger charge is -2.27. The van der Waals surface area contributed by atoms with Gasteiger partial charge in [-0.1, -0.05) is 6.07 Å². The second kappa shape index (κ2) is 6.30. The van der Waals surface area contributed by atoms with Crippen molar-refractivity contribution in [2.24, 2.45) is 0 Å². The molecule has 6 heteroatoms. The molecule has 21 heavy (non-hydrogen) atoms. The minimum atomic E-state index is -0.300. The van der Waals surface area contributed by atoms with E-state index in [9.17, 15) is 4.79 Å². The smallest absolute Gasteiger partial charge is 0.277 e. The topological polar surface area (TPSA) is 71.0 Å². The predicted molar refractivity (Wildman–Crippen MR) is 80.3 cm³/mol. The third-order valence-corrected chi connectivity index (χ3v) is 3.47. The number of hydrogen-bond acceptors (Lipinski definition) is 5. The van der Waals surface area contributed by atoms with E-state index in [0.29, 0.717) is 11.5 Å². The third kappa shape index (κ3) is 3.34. The minimum absolute atomic E-state index is 0.293. The second-order valence-electron chi connectivity index (χ2n) is 4.99. The Kier molecular flexibility index (Phi) is 4.04. The van der Waals surface area contributed by atoms with E-state index >= 15 is 0 Å². The monoisotopic (exact) mass is 283 g/mol. The van der Waals surface area contributed by atoms with Crippen LogP contribution in [0.2, 0.25) is 0 Å². The summed E-state index contributed by atoms with van der Waals surface area (Å²) < 4.78 is 0. The molecule has 0 radical (unpaired) electrons. The molecule has 1 fully saturated rings. The predicted octanol–water partition coefficient (Wildman–Crippen LogP) is 2.11. The van der Waals surface area contributed by atoms with Crippen molar-refractivity contribution >= 4 is 17.5 Å². The van der Waals surface area contributed by atoms with Crippen molar-refractivity contribution in [2.45, 2.75) is 19.3 Å². The summed E-state index contributed by atoms with van der Waals surface area (Å²) in [7, 11) is 0. The van der Waals surface area contributed by atoms with E-state index in [4.69, 9.17) is 0 Å². The zero-order valence-electron chi connectivity index (χ0n) is 11.7. The average molecular weight is 283 g/mol. The Labute approximate surface area is 123 Å². The summed E-state index contributed by atoms with van der Waals surface area (Å²) in [5.74, 6) is 1.04. The van der Waals surface area contributed by atoms with E-state index in [1.807, 2.05) is 12.1 Å². The maximum atomic E-state index is 12.0. The summed E-state index contributed by atoms with van der Waals surface area (Å²) in [4.78, 5) is 18.3.